The van der Waals surface area contributed by atoms with Crippen molar-refractivity contribution in [3.05, 3.63) is 18.2 Å². The zero-order valence-electron chi connectivity index (χ0n) is 14.1. The summed E-state index contributed by atoms with van der Waals surface area (Å²) in [5.74, 6) is 2.72. The highest BCUT2D eigenvalue weighted by molar-refractivity contribution is 5.76. The van der Waals surface area contributed by atoms with E-state index in [1.54, 1.807) is 0 Å². The summed E-state index contributed by atoms with van der Waals surface area (Å²) in [4.78, 5) is 16.3. The first-order valence-electron chi connectivity index (χ1n) is 8.51. The number of piperidine rings is 1. The molecule has 0 aliphatic carbocycles. The van der Waals surface area contributed by atoms with E-state index in [2.05, 4.69) is 34.0 Å². The lowest BCUT2D eigenvalue weighted by molar-refractivity contribution is -0.122. The number of rotatable bonds is 7. The van der Waals surface area contributed by atoms with Gasteiger partial charge in [0.15, 0.2) is 0 Å². The minimum absolute atomic E-state index is 0.187. The number of hydrogen-bond donors (Lipinski definition) is 2. The van der Waals surface area contributed by atoms with Crippen LogP contribution in [0.4, 0.5) is 0 Å². The van der Waals surface area contributed by atoms with Gasteiger partial charge in [-0.05, 0) is 50.6 Å². The van der Waals surface area contributed by atoms with E-state index in [1.165, 1.54) is 12.8 Å². The predicted octanol–water partition coefficient (Wildman–Crippen LogP) is 1.97. The highest BCUT2D eigenvalue weighted by Crippen LogP contribution is 2.22. The Morgan fingerprint density at radius 2 is 2.36 bits per heavy atom. The third-order valence-electron chi connectivity index (χ3n) is 4.73. The van der Waals surface area contributed by atoms with E-state index in [-0.39, 0.29) is 5.91 Å². The maximum absolute atomic E-state index is 12.1. The molecule has 1 amide bonds. The molecule has 5 heteroatoms. The van der Waals surface area contributed by atoms with Crippen molar-refractivity contribution in [2.24, 2.45) is 17.8 Å². The van der Waals surface area contributed by atoms with Gasteiger partial charge >= 0.3 is 0 Å². The Morgan fingerprint density at radius 1 is 1.55 bits per heavy atom. The third kappa shape index (κ3) is 5.13. The summed E-state index contributed by atoms with van der Waals surface area (Å²) >= 11 is 0. The Kier molecular flexibility index (Phi) is 6.43. The monoisotopic (exact) mass is 306 g/mol. The van der Waals surface area contributed by atoms with Crippen LogP contribution in [0, 0.1) is 24.7 Å². The number of nitrogens with one attached hydrogen (secondary N) is 2. The van der Waals surface area contributed by atoms with Crippen LogP contribution in [-0.2, 0) is 11.3 Å². The molecule has 0 aromatic carbocycles. The number of aryl methyl sites for hydroxylation is 1. The maximum Gasteiger partial charge on any atom is 0.220 e. The van der Waals surface area contributed by atoms with E-state index >= 15 is 0 Å². The topological polar surface area (TPSA) is 59.0 Å². The van der Waals surface area contributed by atoms with Gasteiger partial charge < -0.3 is 15.2 Å². The van der Waals surface area contributed by atoms with Crippen molar-refractivity contribution in [3.8, 4) is 0 Å². The van der Waals surface area contributed by atoms with Gasteiger partial charge in [-0.1, -0.05) is 13.8 Å². The number of carbonyl (C=O) groups is 1. The number of imidazole rings is 1. The molecule has 0 spiro atoms. The minimum atomic E-state index is 0.187. The molecule has 1 aliphatic rings. The highest BCUT2D eigenvalue weighted by Gasteiger charge is 2.22. The Balaban J connectivity index is 1.67. The van der Waals surface area contributed by atoms with Crippen LogP contribution in [0.15, 0.2) is 12.4 Å². The van der Waals surface area contributed by atoms with Crippen LogP contribution >= 0.6 is 0 Å². The molecule has 0 radical (unpaired) electrons. The molecule has 0 bridgehead atoms. The molecule has 5 nitrogen and oxygen atoms in total. The van der Waals surface area contributed by atoms with Crippen molar-refractivity contribution in [2.75, 3.05) is 19.6 Å². The second-order valence-corrected chi connectivity index (χ2v) is 6.82. The van der Waals surface area contributed by atoms with E-state index < -0.39 is 0 Å². The molecule has 0 saturated carbocycles. The summed E-state index contributed by atoms with van der Waals surface area (Å²) in [6.07, 6.45) is 6.94. The fraction of sp³-hybridized carbons (Fsp3) is 0.765. The van der Waals surface area contributed by atoms with Crippen molar-refractivity contribution in [3.63, 3.8) is 0 Å². The zero-order valence-corrected chi connectivity index (χ0v) is 14.1. The van der Waals surface area contributed by atoms with Crippen LogP contribution in [-0.4, -0.2) is 35.1 Å². The molecule has 1 aromatic rings. The van der Waals surface area contributed by atoms with E-state index in [0.29, 0.717) is 24.2 Å². The molecule has 2 heterocycles. The number of carbonyl (C=O) groups excluding carboxylic acids is 1. The first-order valence-corrected chi connectivity index (χ1v) is 8.51. The molecular formula is C17H30N4O. The number of hydrogen-bond acceptors (Lipinski definition) is 3. The molecule has 3 atom stereocenters. The fourth-order valence-corrected chi connectivity index (χ4v) is 3.18. The van der Waals surface area contributed by atoms with Gasteiger partial charge in [0.1, 0.15) is 5.82 Å². The standard InChI is InChI=1S/C17H30N4O/c1-13(12-21-8-7-19-15(21)3)10-20-17(22)9-14(2)16-5-4-6-18-11-16/h7-8,13-14,16,18H,4-6,9-12H2,1-3H3,(H,20,22). The summed E-state index contributed by atoms with van der Waals surface area (Å²) < 4.78 is 2.13. The quantitative estimate of drug-likeness (QED) is 0.810. The molecule has 3 unspecified atom stereocenters. The van der Waals surface area contributed by atoms with Gasteiger partial charge in [-0.15, -0.1) is 0 Å². The molecular weight excluding hydrogens is 276 g/mol. The van der Waals surface area contributed by atoms with Gasteiger partial charge in [0, 0.05) is 31.9 Å². The van der Waals surface area contributed by atoms with Crippen LogP contribution in [0.3, 0.4) is 0 Å². The number of amides is 1. The summed E-state index contributed by atoms with van der Waals surface area (Å²) in [5.41, 5.74) is 0. The molecule has 1 fully saturated rings. The number of nitrogens with zero attached hydrogens (tertiary/aromatic N) is 2. The van der Waals surface area contributed by atoms with E-state index in [4.69, 9.17) is 0 Å². The van der Waals surface area contributed by atoms with Gasteiger partial charge in [0.25, 0.3) is 0 Å². The first kappa shape index (κ1) is 17.0. The first-order chi connectivity index (χ1) is 10.6. The predicted molar refractivity (Wildman–Crippen MR) is 88.5 cm³/mol. The van der Waals surface area contributed by atoms with Crippen molar-refractivity contribution < 1.29 is 4.79 Å². The molecule has 124 valence electrons. The normalized spacial score (nSPS) is 21.3. The third-order valence-corrected chi connectivity index (χ3v) is 4.73. The lowest BCUT2D eigenvalue weighted by Gasteiger charge is -2.28. The smallest absolute Gasteiger partial charge is 0.220 e. The van der Waals surface area contributed by atoms with Crippen molar-refractivity contribution in [2.45, 2.75) is 46.6 Å². The van der Waals surface area contributed by atoms with Crippen LogP contribution in [0.1, 0.15) is 38.9 Å². The second kappa shape index (κ2) is 8.32. The molecule has 1 saturated heterocycles. The van der Waals surface area contributed by atoms with Gasteiger partial charge in [0.2, 0.25) is 5.91 Å². The maximum atomic E-state index is 12.1. The molecule has 22 heavy (non-hydrogen) atoms. The van der Waals surface area contributed by atoms with Gasteiger partial charge in [-0.2, -0.15) is 0 Å². The average molecular weight is 306 g/mol. The van der Waals surface area contributed by atoms with Crippen molar-refractivity contribution in [1.82, 2.24) is 20.2 Å². The van der Waals surface area contributed by atoms with Crippen LogP contribution in [0.2, 0.25) is 0 Å². The Morgan fingerprint density at radius 3 is 3.00 bits per heavy atom. The summed E-state index contributed by atoms with van der Waals surface area (Å²) in [6.45, 7) is 10.2. The lowest BCUT2D eigenvalue weighted by atomic mass is 9.85. The van der Waals surface area contributed by atoms with E-state index in [1.807, 2.05) is 19.3 Å². The Bertz CT molecular complexity index is 465. The van der Waals surface area contributed by atoms with E-state index in [0.717, 1.165) is 32.0 Å². The second-order valence-electron chi connectivity index (χ2n) is 6.82. The SMILES string of the molecule is Cc1nccn1CC(C)CNC(=O)CC(C)C1CCCNC1. The van der Waals surface area contributed by atoms with Crippen molar-refractivity contribution in [1.29, 1.82) is 0 Å². The van der Waals surface area contributed by atoms with Gasteiger partial charge in [0.05, 0.1) is 0 Å². The lowest BCUT2D eigenvalue weighted by Crippen LogP contribution is -2.36. The summed E-state index contributed by atoms with van der Waals surface area (Å²) in [5, 5.41) is 6.52. The Hall–Kier alpha value is -1.36. The van der Waals surface area contributed by atoms with Gasteiger partial charge in [-0.3, -0.25) is 4.79 Å². The molecule has 1 aromatic heterocycles. The molecule has 2 N–H and O–H groups in total. The fourth-order valence-electron chi connectivity index (χ4n) is 3.18. The van der Waals surface area contributed by atoms with Crippen molar-refractivity contribution >= 4 is 5.91 Å². The molecule has 1 aliphatic heterocycles. The summed E-state index contributed by atoms with van der Waals surface area (Å²) in [6, 6.07) is 0. The molecule has 2 rings (SSSR count). The summed E-state index contributed by atoms with van der Waals surface area (Å²) in [7, 11) is 0. The largest absolute Gasteiger partial charge is 0.356 e. The van der Waals surface area contributed by atoms with Crippen LogP contribution in [0.5, 0.6) is 0 Å². The highest BCUT2D eigenvalue weighted by atomic mass is 16.1. The zero-order chi connectivity index (χ0) is 15.9. The Labute approximate surface area is 133 Å². The van der Waals surface area contributed by atoms with Gasteiger partial charge in [-0.25, -0.2) is 4.98 Å². The van der Waals surface area contributed by atoms with Crippen LogP contribution in [0.25, 0.3) is 0 Å². The number of aromatic nitrogens is 2. The van der Waals surface area contributed by atoms with E-state index in [9.17, 15) is 4.79 Å². The minimum Gasteiger partial charge on any atom is -0.356 e. The average Bonchev–Trinajstić information content (AvgIpc) is 2.91. The van der Waals surface area contributed by atoms with Crippen LogP contribution < -0.4 is 10.6 Å².